The smallest absolute Gasteiger partial charge is 0.269 e. The highest BCUT2D eigenvalue weighted by Crippen LogP contribution is 2.34. The van der Waals surface area contributed by atoms with Crippen LogP contribution in [0.1, 0.15) is 19.4 Å². The van der Waals surface area contributed by atoms with Crippen molar-refractivity contribution in [3.8, 4) is 0 Å². The van der Waals surface area contributed by atoms with Crippen molar-refractivity contribution in [3.05, 3.63) is 58.1 Å². The van der Waals surface area contributed by atoms with Crippen molar-refractivity contribution in [2.24, 2.45) is 0 Å². The Morgan fingerprint density at radius 1 is 1.06 bits per heavy atom. The van der Waals surface area contributed by atoms with E-state index in [0.29, 0.717) is 32.6 Å². The molecular formula is C21H24N4O5S. The minimum Gasteiger partial charge on any atom is -0.369 e. The summed E-state index contributed by atoms with van der Waals surface area (Å²) in [5, 5.41) is 10.8. The fourth-order valence-corrected chi connectivity index (χ4v) is 5.84. The summed E-state index contributed by atoms with van der Waals surface area (Å²) in [4.78, 5) is 26.2. The largest absolute Gasteiger partial charge is 0.369 e. The fourth-order valence-electron chi connectivity index (χ4n) is 4.37. The van der Waals surface area contributed by atoms with Gasteiger partial charge in [0.05, 0.1) is 9.82 Å². The predicted octanol–water partition coefficient (Wildman–Crippen LogP) is 2.40. The van der Waals surface area contributed by atoms with Gasteiger partial charge < -0.3 is 9.80 Å². The van der Waals surface area contributed by atoms with E-state index >= 15 is 0 Å². The van der Waals surface area contributed by atoms with Crippen LogP contribution in [0.2, 0.25) is 0 Å². The average Bonchev–Trinajstić information content (AvgIpc) is 3.09. The number of piperazine rings is 1. The van der Waals surface area contributed by atoms with Gasteiger partial charge in [-0.3, -0.25) is 14.9 Å². The molecule has 31 heavy (non-hydrogen) atoms. The summed E-state index contributed by atoms with van der Waals surface area (Å²) in [6.07, 6.45) is 0.631. The summed E-state index contributed by atoms with van der Waals surface area (Å²) in [6.45, 7) is 5.11. The van der Waals surface area contributed by atoms with Crippen LogP contribution in [0.5, 0.6) is 0 Å². The van der Waals surface area contributed by atoms with Gasteiger partial charge in [0.15, 0.2) is 0 Å². The number of nitrogens with zero attached hydrogens (tertiary/aromatic N) is 4. The summed E-state index contributed by atoms with van der Waals surface area (Å²) in [5.41, 5.74) is 2.51. The molecule has 1 atom stereocenters. The van der Waals surface area contributed by atoms with Crippen molar-refractivity contribution in [1.82, 2.24) is 4.31 Å². The van der Waals surface area contributed by atoms with Crippen molar-refractivity contribution in [2.75, 3.05) is 36.0 Å². The normalized spacial score (nSPS) is 19.4. The standard InChI is InChI=1S/C21H24N4O5S/c1-15-13-17-14-20(7-8-21(17)24(15)16(2)26)31(29,30)23-11-9-22(10-12-23)18-3-5-19(6-4-18)25(27)28/h3-8,14-15H,9-13H2,1-2H3. The Morgan fingerprint density at radius 3 is 2.29 bits per heavy atom. The van der Waals surface area contributed by atoms with Crippen LogP contribution in [-0.4, -0.2) is 55.8 Å². The number of nitro benzene ring substituents is 1. The quantitative estimate of drug-likeness (QED) is 0.530. The lowest BCUT2D eigenvalue weighted by molar-refractivity contribution is -0.384. The molecule has 10 heteroatoms. The Balaban J connectivity index is 1.48. The van der Waals surface area contributed by atoms with Crippen molar-refractivity contribution < 1.29 is 18.1 Å². The van der Waals surface area contributed by atoms with Gasteiger partial charge in [0.1, 0.15) is 0 Å². The molecule has 2 heterocycles. The molecule has 0 N–H and O–H groups in total. The Morgan fingerprint density at radius 2 is 1.71 bits per heavy atom. The number of carbonyl (C=O) groups is 1. The third-order valence-corrected chi connectivity index (χ3v) is 7.80. The van der Waals surface area contributed by atoms with Gasteiger partial charge in [0.2, 0.25) is 15.9 Å². The highest BCUT2D eigenvalue weighted by molar-refractivity contribution is 7.89. The number of amides is 1. The Bertz CT molecular complexity index is 1120. The Kier molecular flexibility index (Phi) is 5.44. The first-order chi connectivity index (χ1) is 14.7. The lowest BCUT2D eigenvalue weighted by atomic mass is 10.1. The van der Waals surface area contributed by atoms with Gasteiger partial charge in [-0.15, -0.1) is 0 Å². The lowest BCUT2D eigenvalue weighted by Gasteiger charge is -2.35. The summed E-state index contributed by atoms with van der Waals surface area (Å²) in [7, 11) is -3.65. The number of benzene rings is 2. The Labute approximate surface area is 181 Å². The fraction of sp³-hybridized carbons (Fsp3) is 0.381. The van der Waals surface area contributed by atoms with Crippen LogP contribution in [0.3, 0.4) is 0 Å². The van der Waals surface area contributed by atoms with E-state index in [0.717, 1.165) is 16.9 Å². The van der Waals surface area contributed by atoms with E-state index < -0.39 is 14.9 Å². The van der Waals surface area contributed by atoms with Gasteiger partial charge in [0.25, 0.3) is 5.69 Å². The van der Waals surface area contributed by atoms with Crippen molar-refractivity contribution in [3.63, 3.8) is 0 Å². The third kappa shape index (κ3) is 3.88. The second kappa shape index (κ2) is 7.93. The summed E-state index contributed by atoms with van der Waals surface area (Å²) < 4.78 is 27.9. The first-order valence-electron chi connectivity index (χ1n) is 10.1. The van der Waals surface area contributed by atoms with Gasteiger partial charge in [-0.05, 0) is 49.2 Å². The van der Waals surface area contributed by atoms with Crippen LogP contribution in [0.25, 0.3) is 0 Å². The van der Waals surface area contributed by atoms with Crippen LogP contribution in [-0.2, 0) is 21.2 Å². The van der Waals surface area contributed by atoms with E-state index in [1.54, 1.807) is 35.2 Å². The number of hydrogen-bond donors (Lipinski definition) is 0. The first-order valence-corrected chi connectivity index (χ1v) is 11.5. The summed E-state index contributed by atoms with van der Waals surface area (Å²) in [6, 6.07) is 11.3. The minimum atomic E-state index is -3.65. The number of nitro groups is 1. The van der Waals surface area contributed by atoms with E-state index in [1.165, 1.54) is 23.4 Å². The maximum atomic E-state index is 13.2. The van der Waals surface area contributed by atoms with Crippen LogP contribution in [0.15, 0.2) is 47.4 Å². The second-order valence-corrected chi connectivity index (χ2v) is 9.84. The highest BCUT2D eigenvalue weighted by Gasteiger charge is 2.33. The molecule has 2 aliphatic rings. The van der Waals surface area contributed by atoms with Crippen LogP contribution >= 0.6 is 0 Å². The molecular weight excluding hydrogens is 420 g/mol. The van der Waals surface area contributed by atoms with Crippen molar-refractivity contribution in [2.45, 2.75) is 31.2 Å². The predicted molar refractivity (Wildman–Crippen MR) is 117 cm³/mol. The maximum Gasteiger partial charge on any atom is 0.269 e. The molecule has 1 fully saturated rings. The molecule has 1 amide bonds. The van der Waals surface area contributed by atoms with Gasteiger partial charge in [-0.25, -0.2) is 8.42 Å². The van der Waals surface area contributed by atoms with Crippen LogP contribution in [0, 0.1) is 10.1 Å². The van der Waals surface area contributed by atoms with Gasteiger partial charge >= 0.3 is 0 Å². The minimum absolute atomic E-state index is 0.00990. The molecule has 0 spiro atoms. The number of fused-ring (bicyclic) bond motifs is 1. The SMILES string of the molecule is CC(=O)N1c2ccc(S(=O)(=O)N3CCN(c4ccc([N+](=O)[O-])cc4)CC3)cc2CC1C. The molecule has 0 radical (unpaired) electrons. The molecule has 1 unspecified atom stereocenters. The molecule has 0 aromatic heterocycles. The summed E-state index contributed by atoms with van der Waals surface area (Å²) >= 11 is 0. The van der Waals surface area contributed by atoms with E-state index in [-0.39, 0.29) is 22.5 Å². The number of non-ortho nitro benzene ring substituents is 1. The molecule has 2 aromatic carbocycles. The molecule has 0 bridgehead atoms. The Hall–Kier alpha value is -2.98. The van der Waals surface area contributed by atoms with Crippen LogP contribution in [0.4, 0.5) is 17.1 Å². The molecule has 9 nitrogen and oxygen atoms in total. The van der Waals surface area contributed by atoms with E-state index in [9.17, 15) is 23.3 Å². The number of rotatable bonds is 4. The molecule has 0 aliphatic carbocycles. The average molecular weight is 445 g/mol. The lowest BCUT2D eigenvalue weighted by Crippen LogP contribution is -2.48. The summed E-state index contributed by atoms with van der Waals surface area (Å²) in [5.74, 6) is -0.0516. The molecule has 2 aromatic rings. The van der Waals surface area contributed by atoms with E-state index in [2.05, 4.69) is 0 Å². The van der Waals surface area contributed by atoms with Gasteiger partial charge in [0, 0.05) is 62.7 Å². The molecule has 164 valence electrons. The number of hydrogen-bond acceptors (Lipinski definition) is 6. The zero-order valence-electron chi connectivity index (χ0n) is 17.4. The van der Waals surface area contributed by atoms with Gasteiger partial charge in [-0.1, -0.05) is 0 Å². The molecule has 2 aliphatic heterocycles. The zero-order valence-corrected chi connectivity index (χ0v) is 18.2. The van der Waals surface area contributed by atoms with Crippen molar-refractivity contribution >= 4 is 33.0 Å². The number of sulfonamides is 1. The second-order valence-electron chi connectivity index (χ2n) is 7.90. The molecule has 4 rings (SSSR count). The number of anilines is 2. The van der Waals surface area contributed by atoms with E-state index in [4.69, 9.17) is 0 Å². The highest BCUT2D eigenvalue weighted by atomic mass is 32.2. The molecule has 1 saturated heterocycles. The number of carbonyl (C=O) groups excluding carboxylic acids is 1. The van der Waals surface area contributed by atoms with Crippen molar-refractivity contribution in [1.29, 1.82) is 0 Å². The van der Waals surface area contributed by atoms with E-state index in [1.807, 2.05) is 11.8 Å². The zero-order chi connectivity index (χ0) is 22.3. The topological polar surface area (TPSA) is 104 Å². The maximum absolute atomic E-state index is 13.2. The third-order valence-electron chi connectivity index (χ3n) is 5.91. The first kappa shape index (κ1) is 21.3. The van der Waals surface area contributed by atoms with Crippen LogP contribution < -0.4 is 9.80 Å². The van der Waals surface area contributed by atoms with Gasteiger partial charge in [-0.2, -0.15) is 4.31 Å². The monoisotopic (exact) mass is 444 g/mol. The molecule has 0 saturated carbocycles.